The lowest BCUT2D eigenvalue weighted by molar-refractivity contribution is -0.0584. The first-order valence-corrected chi connectivity index (χ1v) is 5.78. The summed E-state index contributed by atoms with van der Waals surface area (Å²) in [5.41, 5.74) is -1.63. The molecule has 0 heterocycles. The number of hydrogen-bond donors (Lipinski definition) is 0. The van der Waals surface area contributed by atoms with E-state index in [1.807, 2.05) is 0 Å². The summed E-state index contributed by atoms with van der Waals surface area (Å²) in [4.78, 5) is 3.56. The second kappa shape index (κ2) is 4.40. The van der Waals surface area contributed by atoms with Crippen LogP contribution in [0.3, 0.4) is 0 Å². The van der Waals surface area contributed by atoms with Gasteiger partial charge in [0.2, 0.25) is 0 Å². The van der Waals surface area contributed by atoms with Gasteiger partial charge in [-0.25, -0.2) is 4.39 Å². The van der Waals surface area contributed by atoms with E-state index < -0.39 is 23.3 Å². The number of nitrogens with zero attached hydrogens (tertiary/aromatic N) is 1. The molecule has 0 bridgehead atoms. The molecule has 1 aromatic rings. The standard InChI is InChI=1S/C11H8BrF4N/c12-8-3-1-2-7(9(8)13)10(11(14,15)16)17-6-4-5-6/h1-3,6H,4-5H2/b17-10+. The van der Waals surface area contributed by atoms with E-state index in [2.05, 4.69) is 20.9 Å². The van der Waals surface area contributed by atoms with Crippen LogP contribution in [0.15, 0.2) is 27.7 Å². The molecule has 1 nitrogen and oxygen atoms in total. The molecule has 0 atom stereocenters. The number of halogens is 5. The third kappa shape index (κ3) is 2.86. The summed E-state index contributed by atoms with van der Waals surface area (Å²) in [7, 11) is 0. The van der Waals surface area contributed by atoms with E-state index in [0.29, 0.717) is 12.8 Å². The van der Waals surface area contributed by atoms with Crippen LogP contribution in [0.2, 0.25) is 0 Å². The van der Waals surface area contributed by atoms with Gasteiger partial charge in [0.25, 0.3) is 0 Å². The van der Waals surface area contributed by atoms with Crippen LogP contribution in [-0.4, -0.2) is 17.9 Å². The minimum atomic E-state index is -4.63. The lowest BCUT2D eigenvalue weighted by atomic mass is 10.1. The summed E-state index contributed by atoms with van der Waals surface area (Å²) in [5, 5.41) is 0. The van der Waals surface area contributed by atoms with Crippen LogP contribution in [-0.2, 0) is 0 Å². The Morgan fingerprint density at radius 3 is 2.47 bits per heavy atom. The molecule has 0 unspecified atom stereocenters. The Kier molecular flexibility index (Phi) is 3.25. The summed E-state index contributed by atoms with van der Waals surface area (Å²) >= 11 is 2.87. The molecule has 0 aliphatic heterocycles. The van der Waals surface area contributed by atoms with Crippen LogP contribution >= 0.6 is 15.9 Å². The SMILES string of the molecule is Fc1c(Br)cccc1/C(=N\C1CC1)C(F)(F)F. The molecule has 0 aromatic heterocycles. The van der Waals surface area contributed by atoms with Crippen LogP contribution in [0.4, 0.5) is 17.6 Å². The molecule has 2 rings (SSSR count). The number of rotatable bonds is 2. The quantitative estimate of drug-likeness (QED) is 0.576. The molecule has 0 spiro atoms. The molecule has 1 saturated carbocycles. The van der Waals surface area contributed by atoms with Gasteiger partial charge in [-0.1, -0.05) is 6.07 Å². The maximum Gasteiger partial charge on any atom is 0.433 e. The molecule has 92 valence electrons. The average molecular weight is 310 g/mol. The van der Waals surface area contributed by atoms with Crippen molar-refractivity contribution in [1.29, 1.82) is 0 Å². The molecule has 0 amide bonds. The maximum absolute atomic E-state index is 13.6. The first kappa shape index (κ1) is 12.5. The van der Waals surface area contributed by atoms with Crippen molar-refractivity contribution in [1.82, 2.24) is 0 Å². The fourth-order valence-electron chi connectivity index (χ4n) is 1.37. The first-order chi connectivity index (χ1) is 7.89. The van der Waals surface area contributed by atoms with Gasteiger partial charge in [-0.3, -0.25) is 4.99 Å². The Bertz CT molecular complexity index is 463. The third-order valence-electron chi connectivity index (χ3n) is 2.33. The fraction of sp³-hybridized carbons (Fsp3) is 0.364. The Labute approximate surface area is 104 Å². The molecule has 1 aromatic carbocycles. The Morgan fingerprint density at radius 2 is 1.94 bits per heavy atom. The number of alkyl halides is 3. The predicted molar refractivity (Wildman–Crippen MR) is 59.7 cm³/mol. The molecule has 0 radical (unpaired) electrons. The summed E-state index contributed by atoms with van der Waals surface area (Å²) in [6, 6.07) is 3.49. The molecule has 1 aliphatic rings. The molecule has 17 heavy (non-hydrogen) atoms. The zero-order valence-corrected chi connectivity index (χ0v) is 10.1. The normalized spacial score (nSPS) is 17.4. The van der Waals surface area contributed by atoms with E-state index in [1.165, 1.54) is 12.1 Å². The summed E-state index contributed by atoms with van der Waals surface area (Å²) in [6.45, 7) is 0. The molecule has 0 saturated heterocycles. The van der Waals surface area contributed by atoms with Gasteiger partial charge >= 0.3 is 6.18 Å². The van der Waals surface area contributed by atoms with Crippen molar-refractivity contribution in [2.75, 3.05) is 0 Å². The van der Waals surface area contributed by atoms with Gasteiger partial charge in [0.05, 0.1) is 10.5 Å². The van der Waals surface area contributed by atoms with Crippen molar-refractivity contribution in [3.63, 3.8) is 0 Å². The van der Waals surface area contributed by atoms with E-state index in [9.17, 15) is 17.6 Å². The third-order valence-corrected chi connectivity index (χ3v) is 2.95. The van der Waals surface area contributed by atoms with Gasteiger partial charge in [-0.05, 0) is 40.9 Å². The Hall–Kier alpha value is -0.910. The van der Waals surface area contributed by atoms with E-state index >= 15 is 0 Å². The summed E-state index contributed by atoms with van der Waals surface area (Å²) in [5.74, 6) is -0.927. The molecule has 0 N–H and O–H groups in total. The molecular formula is C11H8BrF4N. The average Bonchev–Trinajstić information content (AvgIpc) is 3.01. The molecule has 1 aliphatic carbocycles. The first-order valence-electron chi connectivity index (χ1n) is 4.99. The van der Waals surface area contributed by atoms with Crippen LogP contribution in [0, 0.1) is 5.82 Å². The van der Waals surface area contributed by atoms with Crippen molar-refractivity contribution < 1.29 is 17.6 Å². The highest BCUT2D eigenvalue weighted by atomic mass is 79.9. The van der Waals surface area contributed by atoms with Gasteiger partial charge in [0.1, 0.15) is 11.5 Å². The van der Waals surface area contributed by atoms with Gasteiger partial charge in [0.15, 0.2) is 0 Å². The lowest BCUT2D eigenvalue weighted by Gasteiger charge is -2.12. The number of aliphatic imine (C=N–C) groups is 1. The fourth-order valence-corrected chi connectivity index (χ4v) is 1.73. The summed E-state index contributed by atoms with van der Waals surface area (Å²) in [6.07, 6.45) is -3.37. The zero-order valence-electron chi connectivity index (χ0n) is 8.56. The van der Waals surface area contributed by atoms with E-state index in [-0.39, 0.29) is 10.5 Å². The van der Waals surface area contributed by atoms with Crippen molar-refractivity contribution in [3.05, 3.63) is 34.1 Å². The highest BCUT2D eigenvalue weighted by Crippen LogP contribution is 2.31. The Balaban J connectivity index is 2.49. The van der Waals surface area contributed by atoms with Crippen LogP contribution in [0.5, 0.6) is 0 Å². The maximum atomic E-state index is 13.6. The number of hydrogen-bond acceptors (Lipinski definition) is 1. The van der Waals surface area contributed by atoms with E-state index in [4.69, 9.17) is 0 Å². The smallest absolute Gasteiger partial charge is 0.277 e. The minimum Gasteiger partial charge on any atom is -0.277 e. The van der Waals surface area contributed by atoms with E-state index in [0.717, 1.165) is 6.07 Å². The molecular weight excluding hydrogens is 302 g/mol. The minimum absolute atomic E-state index is 0.00254. The van der Waals surface area contributed by atoms with Gasteiger partial charge < -0.3 is 0 Å². The Morgan fingerprint density at radius 1 is 1.29 bits per heavy atom. The lowest BCUT2D eigenvalue weighted by Crippen LogP contribution is -2.26. The largest absolute Gasteiger partial charge is 0.433 e. The van der Waals surface area contributed by atoms with Crippen molar-refractivity contribution >= 4 is 21.6 Å². The van der Waals surface area contributed by atoms with Crippen molar-refractivity contribution in [2.24, 2.45) is 4.99 Å². The van der Waals surface area contributed by atoms with Gasteiger partial charge in [-0.2, -0.15) is 13.2 Å². The van der Waals surface area contributed by atoms with Gasteiger partial charge in [0, 0.05) is 5.56 Å². The summed E-state index contributed by atoms with van der Waals surface area (Å²) < 4.78 is 52.0. The highest BCUT2D eigenvalue weighted by molar-refractivity contribution is 9.10. The van der Waals surface area contributed by atoms with E-state index in [1.54, 1.807) is 0 Å². The molecule has 6 heteroatoms. The van der Waals surface area contributed by atoms with Gasteiger partial charge in [-0.15, -0.1) is 0 Å². The molecule has 1 fully saturated rings. The van der Waals surface area contributed by atoms with Crippen LogP contribution in [0.1, 0.15) is 18.4 Å². The number of benzene rings is 1. The second-order valence-corrected chi connectivity index (χ2v) is 4.66. The van der Waals surface area contributed by atoms with Crippen molar-refractivity contribution in [2.45, 2.75) is 25.1 Å². The van der Waals surface area contributed by atoms with Crippen LogP contribution < -0.4 is 0 Å². The van der Waals surface area contributed by atoms with Crippen molar-refractivity contribution in [3.8, 4) is 0 Å². The zero-order chi connectivity index (χ0) is 12.6. The monoisotopic (exact) mass is 309 g/mol. The van der Waals surface area contributed by atoms with Crippen LogP contribution in [0.25, 0.3) is 0 Å². The second-order valence-electron chi connectivity index (χ2n) is 3.81. The predicted octanol–water partition coefficient (Wildman–Crippen LogP) is 4.10. The highest BCUT2D eigenvalue weighted by Gasteiger charge is 2.40. The topological polar surface area (TPSA) is 12.4 Å².